The number of rotatable bonds is 4. The second-order valence-corrected chi connectivity index (χ2v) is 4.04. The van der Waals surface area contributed by atoms with E-state index in [1.165, 1.54) is 10.8 Å². The van der Waals surface area contributed by atoms with Crippen molar-refractivity contribution in [2.24, 2.45) is 0 Å². The number of nitro groups is 1. The smallest absolute Gasteiger partial charge is 0.308 e. The van der Waals surface area contributed by atoms with Gasteiger partial charge < -0.3 is 9.47 Å². The highest BCUT2D eigenvalue weighted by Gasteiger charge is 2.15. The Morgan fingerprint density at radius 1 is 1.56 bits per heavy atom. The molecule has 0 aliphatic rings. The molecule has 0 unspecified atom stereocenters. The fraction of sp³-hybridized carbons (Fsp3) is 0.444. The average molecular weight is 246 g/mol. The topological polar surface area (TPSA) is 68.4 Å². The van der Waals surface area contributed by atoms with E-state index < -0.39 is 16.2 Å². The first kappa shape index (κ1) is 12.7. The van der Waals surface area contributed by atoms with Crippen LogP contribution in [0.3, 0.4) is 0 Å². The second kappa shape index (κ2) is 5.09. The predicted octanol–water partition coefficient (Wildman–Crippen LogP) is 0.971. The first-order valence-corrected chi connectivity index (χ1v) is 4.98. The number of hydrogen-bond donors (Lipinski definition) is 0. The maximum Gasteiger partial charge on any atom is 0.335 e. The summed E-state index contributed by atoms with van der Waals surface area (Å²) >= 11 is 5.70. The quantitative estimate of drug-likeness (QED) is 0.586. The largest absolute Gasteiger partial charge is 0.335 e. The maximum atomic E-state index is 11.6. The molecule has 16 heavy (non-hydrogen) atoms. The van der Waals surface area contributed by atoms with E-state index in [2.05, 4.69) is 0 Å². The van der Waals surface area contributed by atoms with E-state index in [0.717, 1.165) is 6.07 Å². The molecule has 0 spiro atoms. The van der Waals surface area contributed by atoms with E-state index in [-0.39, 0.29) is 5.02 Å². The molecule has 6 nitrogen and oxygen atoms in total. The molecule has 1 aromatic heterocycles. The zero-order valence-corrected chi connectivity index (χ0v) is 9.77. The fourth-order valence-corrected chi connectivity index (χ4v) is 1.41. The second-order valence-electron chi connectivity index (χ2n) is 3.60. The number of halogens is 1. The molecule has 88 valence electrons. The third-order valence-electron chi connectivity index (χ3n) is 2.02. The van der Waals surface area contributed by atoms with Gasteiger partial charge in [0.2, 0.25) is 0 Å². The van der Waals surface area contributed by atoms with Crippen LogP contribution in [0.15, 0.2) is 17.1 Å². The van der Waals surface area contributed by atoms with Gasteiger partial charge >= 0.3 is 11.2 Å². The van der Waals surface area contributed by atoms with E-state index in [9.17, 15) is 14.9 Å². The molecule has 0 saturated carbocycles. The van der Waals surface area contributed by atoms with Gasteiger partial charge in [0.15, 0.2) is 0 Å². The highest BCUT2D eigenvalue weighted by molar-refractivity contribution is 6.30. The number of aromatic nitrogens is 1. The lowest BCUT2D eigenvalue weighted by atomic mass is 10.4. The van der Waals surface area contributed by atoms with Crippen LogP contribution in [0.4, 0.5) is 5.69 Å². The Morgan fingerprint density at radius 3 is 2.69 bits per heavy atom. The minimum Gasteiger partial charge on any atom is -0.308 e. The van der Waals surface area contributed by atoms with Crippen molar-refractivity contribution in [1.82, 2.24) is 9.47 Å². The molecule has 0 aromatic carbocycles. The van der Waals surface area contributed by atoms with Gasteiger partial charge in [0, 0.05) is 25.4 Å². The zero-order chi connectivity index (χ0) is 12.3. The van der Waals surface area contributed by atoms with Crippen LogP contribution in [0.5, 0.6) is 0 Å². The van der Waals surface area contributed by atoms with Gasteiger partial charge in [0.25, 0.3) is 0 Å². The minimum absolute atomic E-state index is 0.185. The Hall–Kier alpha value is -1.40. The van der Waals surface area contributed by atoms with Crippen molar-refractivity contribution in [3.05, 3.63) is 37.8 Å². The summed E-state index contributed by atoms with van der Waals surface area (Å²) in [6.45, 7) is 0.977. The van der Waals surface area contributed by atoms with Crippen LogP contribution < -0.4 is 5.56 Å². The molecule has 0 amide bonds. The Labute approximate surface area is 97.2 Å². The van der Waals surface area contributed by atoms with Crippen LogP contribution in [-0.2, 0) is 6.54 Å². The summed E-state index contributed by atoms with van der Waals surface area (Å²) in [7, 11) is 3.70. The highest BCUT2D eigenvalue weighted by atomic mass is 35.5. The summed E-state index contributed by atoms with van der Waals surface area (Å²) in [4.78, 5) is 23.4. The Balaban J connectivity index is 3.10. The first-order valence-electron chi connectivity index (χ1n) is 4.61. The monoisotopic (exact) mass is 245 g/mol. The average Bonchev–Trinajstić information content (AvgIpc) is 2.18. The van der Waals surface area contributed by atoms with E-state index >= 15 is 0 Å². The van der Waals surface area contributed by atoms with Crippen molar-refractivity contribution >= 4 is 17.3 Å². The van der Waals surface area contributed by atoms with Gasteiger partial charge in [-0.3, -0.25) is 14.9 Å². The Morgan fingerprint density at radius 2 is 2.19 bits per heavy atom. The molecule has 7 heteroatoms. The SMILES string of the molecule is CN(C)CCn1cc(Cl)cc([N+](=O)[O-])c1=O. The van der Waals surface area contributed by atoms with Gasteiger partial charge in [-0.1, -0.05) is 11.6 Å². The molecule has 1 heterocycles. The number of likely N-dealkylation sites (N-methyl/N-ethyl adjacent to an activating group) is 1. The van der Waals surface area contributed by atoms with E-state index in [4.69, 9.17) is 11.6 Å². The van der Waals surface area contributed by atoms with Crippen LogP contribution in [-0.4, -0.2) is 35.0 Å². The molecular weight excluding hydrogens is 234 g/mol. The van der Waals surface area contributed by atoms with E-state index in [0.29, 0.717) is 13.1 Å². The minimum atomic E-state index is -0.722. The maximum absolute atomic E-state index is 11.6. The summed E-state index contributed by atoms with van der Waals surface area (Å²) in [5.41, 5.74) is -1.12. The summed E-state index contributed by atoms with van der Waals surface area (Å²) in [5, 5.41) is 10.8. The van der Waals surface area contributed by atoms with Crippen LogP contribution in [0, 0.1) is 10.1 Å². The summed E-state index contributed by atoms with van der Waals surface area (Å²) in [5.74, 6) is 0. The van der Waals surface area contributed by atoms with Gasteiger partial charge in [-0.2, -0.15) is 0 Å². The van der Waals surface area contributed by atoms with Gasteiger partial charge in [-0.15, -0.1) is 0 Å². The van der Waals surface area contributed by atoms with Crippen molar-refractivity contribution in [3.8, 4) is 0 Å². The molecule has 0 radical (unpaired) electrons. The van der Waals surface area contributed by atoms with Crippen LogP contribution >= 0.6 is 11.6 Å². The van der Waals surface area contributed by atoms with E-state index in [1.54, 1.807) is 0 Å². The third kappa shape index (κ3) is 3.04. The van der Waals surface area contributed by atoms with Crippen molar-refractivity contribution in [1.29, 1.82) is 0 Å². The fourth-order valence-electron chi connectivity index (χ4n) is 1.19. The van der Waals surface area contributed by atoms with Crippen LogP contribution in [0.1, 0.15) is 0 Å². The van der Waals surface area contributed by atoms with Crippen LogP contribution in [0.2, 0.25) is 5.02 Å². The van der Waals surface area contributed by atoms with Crippen molar-refractivity contribution in [2.45, 2.75) is 6.54 Å². The van der Waals surface area contributed by atoms with Crippen molar-refractivity contribution in [3.63, 3.8) is 0 Å². The third-order valence-corrected chi connectivity index (χ3v) is 2.23. The molecule has 1 aromatic rings. The van der Waals surface area contributed by atoms with Crippen molar-refractivity contribution < 1.29 is 4.92 Å². The molecule has 0 N–H and O–H groups in total. The van der Waals surface area contributed by atoms with Gasteiger partial charge in [0.1, 0.15) is 0 Å². The number of nitrogens with zero attached hydrogens (tertiary/aromatic N) is 3. The Bertz CT molecular complexity index is 456. The number of hydrogen-bond acceptors (Lipinski definition) is 4. The summed E-state index contributed by atoms with van der Waals surface area (Å²) in [6.07, 6.45) is 1.40. The van der Waals surface area contributed by atoms with Gasteiger partial charge in [-0.25, -0.2) is 0 Å². The van der Waals surface area contributed by atoms with Crippen LogP contribution in [0.25, 0.3) is 0 Å². The summed E-state index contributed by atoms with van der Waals surface area (Å²) < 4.78 is 1.25. The standard InChI is InChI=1S/C9H12ClN3O3/c1-11(2)3-4-12-6-7(10)5-8(9(12)14)13(15)16/h5-6H,3-4H2,1-2H3. The molecule has 0 bridgehead atoms. The van der Waals surface area contributed by atoms with Gasteiger partial charge in [-0.05, 0) is 14.1 Å². The highest BCUT2D eigenvalue weighted by Crippen LogP contribution is 2.12. The number of pyridine rings is 1. The first-order chi connectivity index (χ1) is 7.41. The van der Waals surface area contributed by atoms with E-state index in [1.807, 2.05) is 19.0 Å². The lowest BCUT2D eigenvalue weighted by Crippen LogP contribution is -2.27. The molecular formula is C9H12ClN3O3. The lowest BCUT2D eigenvalue weighted by molar-refractivity contribution is -0.386. The molecule has 0 saturated heterocycles. The van der Waals surface area contributed by atoms with Crippen molar-refractivity contribution in [2.75, 3.05) is 20.6 Å². The predicted molar refractivity (Wildman–Crippen MR) is 60.9 cm³/mol. The zero-order valence-electron chi connectivity index (χ0n) is 9.01. The molecule has 0 aliphatic heterocycles. The molecule has 1 rings (SSSR count). The summed E-state index contributed by atoms with van der Waals surface area (Å²) in [6, 6.07) is 1.07. The van der Waals surface area contributed by atoms with Gasteiger partial charge in [0.05, 0.1) is 9.95 Å². The lowest BCUT2D eigenvalue weighted by Gasteiger charge is -2.11. The Kier molecular flexibility index (Phi) is 4.03. The molecule has 0 aliphatic carbocycles. The normalized spacial score (nSPS) is 10.8. The molecule has 0 fully saturated rings. The molecule has 0 atom stereocenters.